The van der Waals surface area contributed by atoms with E-state index in [-0.39, 0.29) is 0 Å². The topological polar surface area (TPSA) is 75.3 Å². The number of rotatable bonds is 5. The van der Waals surface area contributed by atoms with Gasteiger partial charge in [-0.25, -0.2) is 0 Å². The maximum atomic E-state index is 4.91. The van der Waals surface area contributed by atoms with Gasteiger partial charge in [0, 0.05) is 20.5 Å². The molecule has 0 bridgehead atoms. The highest BCUT2D eigenvalue weighted by atomic mass is 16.5. The highest BCUT2D eigenvalue weighted by Gasteiger charge is 2.03. The van der Waals surface area contributed by atoms with Crippen LogP contribution in [0.4, 0.5) is 0 Å². The molecule has 0 aliphatic heterocycles. The van der Waals surface area contributed by atoms with Gasteiger partial charge in [0.1, 0.15) is 0 Å². The second-order valence-electron chi connectivity index (χ2n) is 4.32. The minimum absolute atomic E-state index is 0.488. The average molecular weight is 273 g/mol. The van der Waals surface area contributed by atoms with E-state index >= 15 is 0 Å². The Morgan fingerprint density at radius 1 is 1.25 bits per heavy atom. The standard InChI is InChI=1S/C14H19N5O/c1-11-18-13(19-20-11)10-17-14(15-2)16-9-8-12-6-4-3-5-7-12/h3-7H,8-10H2,1-2H3,(H2,15,16,17). The third-order valence-electron chi connectivity index (χ3n) is 2.76. The van der Waals surface area contributed by atoms with Crippen LogP contribution in [0.2, 0.25) is 0 Å². The van der Waals surface area contributed by atoms with Crippen molar-refractivity contribution in [3.8, 4) is 0 Å². The number of nitrogens with zero attached hydrogens (tertiary/aromatic N) is 3. The Morgan fingerprint density at radius 2 is 2.05 bits per heavy atom. The molecule has 1 heterocycles. The second kappa shape index (κ2) is 7.28. The summed E-state index contributed by atoms with van der Waals surface area (Å²) < 4.78 is 4.91. The van der Waals surface area contributed by atoms with E-state index in [0.29, 0.717) is 18.3 Å². The van der Waals surface area contributed by atoms with E-state index in [1.165, 1.54) is 5.56 Å². The molecular weight excluding hydrogens is 254 g/mol. The molecule has 0 amide bonds. The number of hydrogen-bond donors (Lipinski definition) is 2. The lowest BCUT2D eigenvalue weighted by atomic mass is 10.1. The predicted molar refractivity (Wildman–Crippen MR) is 77.4 cm³/mol. The molecule has 20 heavy (non-hydrogen) atoms. The molecule has 2 aromatic rings. The highest BCUT2D eigenvalue weighted by molar-refractivity contribution is 5.79. The van der Waals surface area contributed by atoms with Crippen molar-refractivity contribution in [2.45, 2.75) is 19.9 Å². The molecule has 0 spiro atoms. The SMILES string of the molecule is CN=C(NCCc1ccccc1)NCc1noc(C)n1. The number of aromatic nitrogens is 2. The van der Waals surface area contributed by atoms with Crippen LogP contribution in [-0.2, 0) is 13.0 Å². The van der Waals surface area contributed by atoms with Crippen LogP contribution < -0.4 is 10.6 Å². The summed E-state index contributed by atoms with van der Waals surface area (Å²) in [5.74, 6) is 1.91. The van der Waals surface area contributed by atoms with E-state index in [1.54, 1.807) is 14.0 Å². The third kappa shape index (κ3) is 4.38. The number of aliphatic imine (C=N–C) groups is 1. The molecule has 0 saturated carbocycles. The highest BCUT2D eigenvalue weighted by Crippen LogP contribution is 1.98. The van der Waals surface area contributed by atoms with Gasteiger partial charge in [0.2, 0.25) is 5.89 Å². The van der Waals surface area contributed by atoms with Gasteiger partial charge < -0.3 is 15.2 Å². The lowest BCUT2D eigenvalue weighted by Gasteiger charge is -2.10. The first-order valence-corrected chi connectivity index (χ1v) is 6.55. The molecule has 106 valence electrons. The van der Waals surface area contributed by atoms with Crippen LogP contribution >= 0.6 is 0 Å². The van der Waals surface area contributed by atoms with Gasteiger partial charge in [-0.3, -0.25) is 4.99 Å². The number of aryl methyl sites for hydroxylation is 1. The molecule has 6 nitrogen and oxygen atoms in total. The normalized spacial score (nSPS) is 11.4. The molecule has 1 aromatic carbocycles. The van der Waals surface area contributed by atoms with Crippen LogP contribution in [0.25, 0.3) is 0 Å². The Hall–Kier alpha value is -2.37. The number of guanidine groups is 1. The van der Waals surface area contributed by atoms with E-state index in [4.69, 9.17) is 4.52 Å². The quantitative estimate of drug-likeness (QED) is 0.634. The van der Waals surface area contributed by atoms with Gasteiger partial charge in [-0.2, -0.15) is 4.98 Å². The minimum Gasteiger partial charge on any atom is -0.356 e. The summed E-state index contributed by atoms with van der Waals surface area (Å²) in [7, 11) is 1.74. The summed E-state index contributed by atoms with van der Waals surface area (Å²) >= 11 is 0. The Labute approximate surface area is 118 Å². The van der Waals surface area contributed by atoms with Crippen molar-refractivity contribution in [1.82, 2.24) is 20.8 Å². The van der Waals surface area contributed by atoms with Gasteiger partial charge >= 0.3 is 0 Å². The summed E-state index contributed by atoms with van der Waals surface area (Å²) in [6.07, 6.45) is 0.947. The van der Waals surface area contributed by atoms with E-state index in [2.05, 4.69) is 37.9 Å². The monoisotopic (exact) mass is 273 g/mol. The van der Waals surface area contributed by atoms with Crippen molar-refractivity contribution in [2.24, 2.45) is 4.99 Å². The fourth-order valence-electron chi connectivity index (χ4n) is 1.77. The molecule has 0 fully saturated rings. The predicted octanol–water partition coefficient (Wildman–Crippen LogP) is 1.29. The van der Waals surface area contributed by atoms with Crippen LogP contribution in [-0.4, -0.2) is 29.7 Å². The number of benzene rings is 1. The van der Waals surface area contributed by atoms with Crippen molar-refractivity contribution in [3.63, 3.8) is 0 Å². The summed E-state index contributed by atoms with van der Waals surface area (Å²) in [6, 6.07) is 10.3. The first-order valence-electron chi connectivity index (χ1n) is 6.55. The van der Waals surface area contributed by atoms with Gasteiger partial charge in [-0.1, -0.05) is 35.5 Å². The van der Waals surface area contributed by atoms with Crippen LogP contribution in [0.3, 0.4) is 0 Å². The molecule has 6 heteroatoms. The molecule has 0 unspecified atom stereocenters. The number of hydrogen-bond acceptors (Lipinski definition) is 4. The maximum absolute atomic E-state index is 4.91. The largest absolute Gasteiger partial charge is 0.356 e. The summed E-state index contributed by atoms with van der Waals surface area (Å²) in [5, 5.41) is 10.2. The molecule has 0 aliphatic carbocycles. The first kappa shape index (κ1) is 14.0. The smallest absolute Gasteiger partial charge is 0.223 e. The molecule has 1 aromatic heterocycles. The van der Waals surface area contributed by atoms with Crippen LogP contribution in [0.1, 0.15) is 17.3 Å². The van der Waals surface area contributed by atoms with E-state index in [1.807, 2.05) is 18.2 Å². The molecular formula is C14H19N5O. The van der Waals surface area contributed by atoms with Crippen LogP contribution in [0.15, 0.2) is 39.8 Å². The van der Waals surface area contributed by atoms with E-state index < -0.39 is 0 Å². The van der Waals surface area contributed by atoms with Crippen LogP contribution in [0.5, 0.6) is 0 Å². The van der Waals surface area contributed by atoms with Crippen molar-refractivity contribution < 1.29 is 4.52 Å². The zero-order valence-electron chi connectivity index (χ0n) is 11.8. The van der Waals surface area contributed by atoms with E-state index in [0.717, 1.165) is 18.9 Å². The number of nitrogens with one attached hydrogen (secondary N) is 2. The molecule has 0 radical (unpaired) electrons. The Bertz CT molecular complexity index is 550. The first-order chi connectivity index (χ1) is 9.78. The lowest BCUT2D eigenvalue weighted by Crippen LogP contribution is -2.38. The zero-order chi connectivity index (χ0) is 14.2. The Balaban J connectivity index is 1.73. The minimum atomic E-state index is 0.488. The lowest BCUT2D eigenvalue weighted by molar-refractivity contribution is 0.387. The van der Waals surface area contributed by atoms with Gasteiger partial charge in [0.05, 0.1) is 6.54 Å². The zero-order valence-corrected chi connectivity index (χ0v) is 11.8. The summed E-state index contributed by atoms with van der Waals surface area (Å²) in [5.41, 5.74) is 1.30. The fourth-order valence-corrected chi connectivity index (χ4v) is 1.77. The second-order valence-corrected chi connectivity index (χ2v) is 4.32. The summed E-state index contributed by atoms with van der Waals surface area (Å²) in [4.78, 5) is 8.27. The average Bonchev–Trinajstić information content (AvgIpc) is 2.89. The van der Waals surface area contributed by atoms with Gasteiger partial charge in [-0.15, -0.1) is 0 Å². The third-order valence-corrected chi connectivity index (χ3v) is 2.76. The van der Waals surface area contributed by atoms with E-state index in [9.17, 15) is 0 Å². The van der Waals surface area contributed by atoms with Gasteiger partial charge in [-0.05, 0) is 12.0 Å². The summed E-state index contributed by atoms with van der Waals surface area (Å²) in [6.45, 7) is 3.07. The Kier molecular flexibility index (Phi) is 5.11. The fraction of sp³-hybridized carbons (Fsp3) is 0.357. The molecule has 0 saturated heterocycles. The van der Waals surface area contributed by atoms with Crippen molar-refractivity contribution in [2.75, 3.05) is 13.6 Å². The van der Waals surface area contributed by atoms with Crippen molar-refractivity contribution in [1.29, 1.82) is 0 Å². The van der Waals surface area contributed by atoms with Crippen molar-refractivity contribution in [3.05, 3.63) is 47.6 Å². The molecule has 2 rings (SSSR count). The Morgan fingerprint density at radius 3 is 2.70 bits per heavy atom. The maximum Gasteiger partial charge on any atom is 0.223 e. The molecule has 0 atom stereocenters. The van der Waals surface area contributed by atoms with Gasteiger partial charge in [0.15, 0.2) is 11.8 Å². The van der Waals surface area contributed by atoms with Gasteiger partial charge in [0.25, 0.3) is 0 Å². The van der Waals surface area contributed by atoms with Crippen LogP contribution in [0, 0.1) is 6.92 Å². The molecule has 0 aliphatic rings. The molecule has 2 N–H and O–H groups in total. The van der Waals surface area contributed by atoms with Crippen molar-refractivity contribution >= 4 is 5.96 Å².